The molecule has 0 unspecified atom stereocenters. The minimum absolute atomic E-state index is 0.259. The Bertz CT molecular complexity index is 265. The van der Waals surface area contributed by atoms with Crippen LogP contribution in [-0.4, -0.2) is 24.8 Å². The van der Waals surface area contributed by atoms with Crippen LogP contribution in [0.1, 0.15) is 122 Å². The van der Waals surface area contributed by atoms with Gasteiger partial charge in [0.1, 0.15) is 0 Å². The van der Waals surface area contributed by atoms with E-state index in [1.807, 2.05) is 0 Å². The van der Waals surface area contributed by atoms with E-state index in [0.29, 0.717) is 0 Å². The first-order chi connectivity index (χ1) is 12.9. The highest BCUT2D eigenvalue weighted by atomic mass is 16.3. The molecule has 0 aromatic rings. The molecule has 156 valence electrons. The lowest BCUT2D eigenvalue weighted by Gasteiger charge is -2.03. The summed E-state index contributed by atoms with van der Waals surface area (Å²) >= 11 is 0. The lowest BCUT2D eigenvalue weighted by molar-refractivity contribution is 0.292. The molecule has 0 saturated carbocycles. The molecule has 0 fully saturated rings. The van der Waals surface area contributed by atoms with Crippen molar-refractivity contribution in [1.29, 1.82) is 0 Å². The van der Waals surface area contributed by atoms with Crippen LogP contribution in [0, 0.1) is 0 Å². The number of aliphatic hydroxyl groups is 1. The first kappa shape index (κ1) is 25.7. The highest BCUT2D eigenvalue weighted by molar-refractivity contribution is 4.81. The van der Waals surface area contributed by atoms with E-state index >= 15 is 0 Å². The van der Waals surface area contributed by atoms with Crippen LogP contribution in [0.25, 0.3) is 0 Å². The summed E-state index contributed by atoms with van der Waals surface area (Å²) in [4.78, 5) is 0. The summed E-state index contributed by atoms with van der Waals surface area (Å²) in [5.74, 6) is 0. The minimum atomic E-state index is 0.259. The first-order valence-corrected chi connectivity index (χ1v) is 11.9. The van der Waals surface area contributed by atoms with E-state index in [1.165, 1.54) is 116 Å². The maximum Gasteiger partial charge on any atom is 0.0555 e. The van der Waals surface area contributed by atoms with Crippen molar-refractivity contribution in [1.82, 2.24) is 5.32 Å². The third-order valence-corrected chi connectivity index (χ3v) is 5.15. The molecule has 0 rings (SSSR count). The van der Waals surface area contributed by atoms with Crippen molar-refractivity contribution in [2.24, 2.45) is 0 Å². The van der Waals surface area contributed by atoms with Gasteiger partial charge in [-0.1, -0.05) is 103 Å². The molecular weight excluding hydrogens is 318 g/mol. The Hall–Kier alpha value is -0.340. The second-order valence-corrected chi connectivity index (χ2v) is 7.83. The van der Waals surface area contributed by atoms with Crippen molar-refractivity contribution in [3.05, 3.63) is 12.2 Å². The standard InChI is InChI=1S/C24H49NO/c1-2-3-4-5-6-7-8-9-10-11-12-13-14-15-16-17-18-19-20-21-22-25-23-24-26/h9-10,25-26H,2-8,11-24H2,1H3/b10-9-. The zero-order valence-electron chi connectivity index (χ0n) is 18.0. The first-order valence-electron chi connectivity index (χ1n) is 11.9. The summed E-state index contributed by atoms with van der Waals surface area (Å²) < 4.78 is 0. The summed E-state index contributed by atoms with van der Waals surface area (Å²) in [6.45, 7) is 4.35. The smallest absolute Gasteiger partial charge is 0.0555 e. The predicted octanol–water partition coefficient (Wildman–Crippen LogP) is 7.17. The van der Waals surface area contributed by atoms with Gasteiger partial charge in [-0.3, -0.25) is 0 Å². The second-order valence-electron chi connectivity index (χ2n) is 7.83. The van der Waals surface area contributed by atoms with Crippen molar-refractivity contribution in [2.75, 3.05) is 19.7 Å². The molecule has 0 aliphatic carbocycles. The predicted molar refractivity (Wildman–Crippen MR) is 118 cm³/mol. The quantitative estimate of drug-likeness (QED) is 0.157. The number of hydrogen-bond acceptors (Lipinski definition) is 2. The van der Waals surface area contributed by atoms with Crippen LogP contribution in [0.2, 0.25) is 0 Å². The van der Waals surface area contributed by atoms with Gasteiger partial charge < -0.3 is 10.4 Å². The van der Waals surface area contributed by atoms with Gasteiger partial charge in [0.05, 0.1) is 6.61 Å². The van der Waals surface area contributed by atoms with Crippen LogP contribution in [-0.2, 0) is 0 Å². The zero-order valence-corrected chi connectivity index (χ0v) is 18.0. The third kappa shape index (κ3) is 23.7. The van der Waals surface area contributed by atoms with Gasteiger partial charge in [-0.15, -0.1) is 0 Å². The van der Waals surface area contributed by atoms with Gasteiger partial charge in [-0.05, 0) is 38.6 Å². The van der Waals surface area contributed by atoms with Crippen molar-refractivity contribution in [3.63, 3.8) is 0 Å². The fourth-order valence-corrected chi connectivity index (χ4v) is 3.41. The van der Waals surface area contributed by atoms with Crippen molar-refractivity contribution in [2.45, 2.75) is 122 Å². The molecule has 0 aliphatic heterocycles. The van der Waals surface area contributed by atoms with Gasteiger partial charge in [0.2, 0.25) is 0 Å². The molecule has 0 bridgehead atoms. The lowest BCUT2D eigenvalue weighted by Crippen LogP contribution is -2.19. The molecule has 2 nitrogen and oxygen atoms in total. The van der Waals surface area contributed by atoms with Gasteiger partial charge in [0.25, 0.3) is 0 Å². The average Bonchev–Trinajstić information content (AvgIpc) is 2.66. The van der Waals surface area contributed by atoms with Gasteiger partial charge in [-0.25, -0.2) is 0 Å². The Kier molecular flexibility index (Phi) is 24.3. The molecule has 0 aromatic carbocycles. The van der Waals surface area contributed by atoms with Crippen LogP contribution in [0.3, 0.4) is 0 Å². The number of hydrogen-bond donors (Lipinski definition) is 2. The van der Waals surface area contributed by atoms with E-state index in [1.54, 1.807) is 0 Å². The van der Waals surface area contributed by atoms with Gasteiger partial charge in [0.15, 0.2) is 0 Å². The van der Waals surface area contributed by atoms with Gasteiger partial charge in [0, 0.05) is 6.54 Å². The summed E-state index contributed by atoms with van der Waals surface area (Å²) in [7, 11) is 0. The molecule has 0 radical (unpaired) electrons. The summed E-state index contributed by atoms with van der Waals surface area (Å²) in [5.41, 5.74) is 0. The van der Waals surface area contributed by atoms with Gasteiger partial charge >= 0.3 is 0 Å². The van der Waals surface area contributed by atoms with Crippen LogP contribution < -0.4 is 5.32 Å². The maximum absolute atomic E-state index is 8.67. The molecule has 0 atom stereocenters. The van der Waals surface area contributed by atoms with E-state index in [9.17, 15) is 0 Å². The Balaban J connectivity index is 3.03. The highest BCUT2D eigenvalue weighted by Gasteiger charge is 1.93. The van der Waals surface area contributed by atoms with Crippen LogP contribution >= 0.6 is 0 Å². The van der Waals surface area contributed by atoms with Crippen LogP contribution in [0.4, 0.5) is 0 Å². The molecule has 0 saturated heterocycles. The Morgan fingerprint density at radius 2 is 0.962 bits per heavy atom. The van der Waals surface area contributed by atoms with Crippen molar-refractivity contribution >= 4 is 0 Å². The van der Waals surface area contributed by atoms with E-state index in [0.717, 1.165) is 13.1 Å². The fraction of sp³-hybridized carbons (Fsp3) is 0.917. The van der Waals surface area contributed by atoms with Crippen LogP contribution in [0.15, 0.2) is 12.2 Å². The molecule has 0 amide bonds. The van der Waals surface area contributed by atoms with E-state index in [-0.39, 0.29) is 6.61 Å². The minimum Gasteiger partial charge on any atom is -0.395 e. The number of aliphatic hydroxyl groups excluding tert-OH is 1. The monoisotopic (exact) mass is 367 g/mol. The molecular formula is C24H49NO. The molecule has 0 aliphatic rings. The Labute approximate surface area is 165 Å². The molecule has 26 heavy (non-hydrogen) atoms. The maximum atomic E-state index is 8.67. The van der Waals surface area contributed by atoms with E-state index < -0.39 is 0 Å². The normalized spacial score (nSPS) is 11.6. The lowest BCUT2D eigenvalue weighted by atomic mass is 10.1. The highest BCUT2D eigenvalue weighted by Crippen LogP contribution is 2.12. The molecule has 0 aromatic heterocycles. The summed E-state index contributed by atoms with van der Waals surface area (Å²) in [6, 6.07) is 0. The second kappa shape index (κ2) is 24.7. The van der Waals surface area contributed by atoms with Crippen molar-refractivity contribution in [3.8, 4) is 0 Å². The fourth-order valence-electron chi connectivity index (χ4n) is 3.41. The Morgan fingerprint density at radius 1 is 0.538 bits per heavy atom. The third-order valence-electron chi connectivity index (χ3n) is 5.15. The average molecular weight is 368 g/mol. The summed E-state index contributed by atoms with van der Waals surface area (Å²) in [6.07, 6.45) is 29.7. The number of rotatable bonds is 22. The Morgan fingerprint density at radius 3 is 1.42 bits per heavy atom. The van der Waals surface area contributed by atoms with Gasteiger partial charge in [-0.2, -0.15) is 0 Å². The number of nitrogens with one attached hydrogen (secondary N) is 1. The van der Waals surface area contributed by atoms with E-state index in [4.69, 9.17) is 5.11 Å². The molecule has 0 spiro atoms. The van der Waals surface area contributed by atoms with Crippen LogP contribution in [0.5, 0.6) is 0 Å². The van der Waals surface area contributed by atoms with Crippen molar-refractivity contribution < 1.29 is 5.11 Å². The molecule has 0 heterocycles. The molecule has 2 heteroatoms. The molecule has 2 N–H and O–H groups in total. The topological polar surface area (TPSA) is 32.3 Å². The SMILES string of the molecule is CCCCCCCC/C=C\CCCCCCCCCCCCNCCO. The number of unbranched alkanes of at least 4 members (excludes halogenated alkanes) is 16. The zero-order chi connectivity index (χ0) is 19.0. The largest absolute Gasteiger partial charge is 0.395 e. The summed E-state index contributed by atoms with van der Waals surface area (Å²) in [5, 5.41) is 11.9. The van der Waals surface area contributed by atoms with E-state index in [2.05, 4.69) is 24.4 Å². The number of allylic oxidation sites excluding steroid dienone is 2.